The van der Waals surface area contributed by atoms with E-state index >= 15 is 0 Å². The second-order valence-corrected chi connectivity index (χ2v) is 5.39. The van der Waals surface area contributed by atoms with Crippen LogP contribution in [0.25, 0.3) is 10.6 Å². The third-order valence-corrected chi connectivity index (χ3v) is 3.93. The number of aromatic nitrogens is 1. The molecular formula is C14H18N2S. The van der Waals surface area contributed by atoms with Crippen LogP contribution in [-0.4, -0.2) is 18.6 Å². The summed E-state index contributed by atoms with van der Waals surface area (Å²) in [4.78, 5) is 6.09. The fourth-order valence-electron chi connectivity index (χ4n) is 1.83. The minimum absolute atomic E-state index is 0.984. The maximum atomic E-state index is 4.76. The third-order valence-electron chi connectivity index (χ3n) is 2.88. The fourth-order valence-corrected chi connectivity index (χ4v) is 2.88. The first-order valence-electron chi connectivity index (χ1n) is 5.89. The average Bonchev–Trinajstić information content (AvgIpc) is 2.68. The molecule has 2 nitrogen and oxygen atoms in total. The van der Waals surface area contributed by atoms with Crippen molar-refractivity contribution in [1.29, 1.82) is 0 Å². The molecule has 0 saturated carbocycles. The SMILES string of the molecule is CNCCc1nc(-c2ccccc2C)sc1C. The molecular weight excluding hydrogens is 228 g/mol. The molecule has 3 heteroatoms. The number of likely N-dealkylation sites (N-methyl/N-ethyl adjacent to an activating group) is 1. The van der Waals surface area contributed by atoms with E-state index in [2.05, 4.69) is 43.4 Å². The van der Waals surface area contributed by atoms with E-state index in [1.54, 1.807) is 11.3 Å². The molecule has 2 rings (SSSR count). The van der Waals surface area contributed by atoms with Crippen molar-refractivity contribution >= 4 is 11.3 Å². The molecule has 1 N–H and O–H groups in total. The molecule has 90 valence electrons. The first-order chi connectivity index (χ1) is 8.22. The van der Waals surface area contributed by atoms with Crippen LogP contribution in [0.3, 0.4) is 0 Å². The molecule has 0 amide bonds. The lowest BCUT2D eigenvalue weighted by atomic mass is 10.1. The lowest BCUT2D eigenvalue weighted by Crippen LogP contribution is -2.10. The van der Waals surface area contributed by atoms with Gasteiger partial charge < -0.3 is 5.32 Å². The maximum absolute atomic E-state index is 4.76. The summed E-state index contributed by atoms with van der Waals surface area (Å²) in [6, 6.07) is 8.43. The highest BCUT2D eigenvalue weighted by atomic mass is 32.1. The Morgan fingerprint density at radius 1 is 1.24 bits per heavy atom. The Labute approximate surface area is 107 Å². The van der Waals surface area contributed by atoms with Crippen LogP contribution in [0.4, 0.5) is 0 Å². The van der Waals surface area contributed by atoms with Crippen molar-refractivity contribution in [3.05, 3.63) is 40.4 Å². The summed E-state index contributed by atoms with van der Waals surface area (Å²) < 4.78 is 0. The molecule has 0 unspecified atom stereocenters. The summed E-state index contributed by atoms with van der Waals surface area (Å²) in [6.07, 6.45) is 1.00. The van der Waals surface area contributed by atoms with Crippen LogP contribution in [0.15, 0.2) is 24.3 Å². The number of hydrogen-bond donors (Lipinski definition) is 1. The quantitative estimate of drug-likeness (QED) is 0.896. The fraction of sp³-hybridized carbons (Fsp3) is 0.357. The highest BCUT2D eigenvalue weighted by Gasteiger charge is 2.10. The molecule has 0 saturated heterocycles. The normalized spacial score (nSPS) is 10.8. The summed E-state index contributed by atoms with van der Waals surface area (Å²) >= 11 is 1.79. The number of rotatable bonds is 4. The Morgan fingerprint density at radius 3 is 2.71 bits per heavy atom. The summed E-state index contributed by atoms with van der Waals surface area (Å²) in [7, 11) is 1.98. The van der Waals surface area contributed by atoms with Gasteiger partial charge in [0.1, 0.15) is 5.01 Å². The van der Waals surface area contributed by atoms with Gasteiger partial charge in [0.25, 0.3) is 0 Å². The van der Waals surface area contributed by atoms with Crippen molar-refractivity contribution < 1.29 is 0 Å². The number of benzene rings is 1. The number of nitrogens with one attached hydrogen (secondary N) is 1. The Balaban J connectivity index is 2.31. The van der Waals surface area contributed by atoms with E-state index in [0.717, 1.165) is 18.0 Å². The number of thiazole rings is 1. The number of hydrogen-bond acceptors (Lipinski definition) is 3. The first kappa shape index (κ1) is 12.3. The molecule has 0 radical (unpaired) electrons. The predicted molar refractivity (Wildman–Crippen MR) is 74.7 cm³/mol. The molecule has 2 aromatic rings. The van der Waals surface area contributed by atoms with E-state index < -0.39 is 0 Å². The lowest BCUT2D eigenvalue weighted by molar-refractivity contribution is 0.777. The van der Waals surface area contributed by atoms with Crippen LogP contribution < -0.4 is 5.32 Å². The van der Waals surface area contributed by atoms with Gasteiger partial charge in [0, 0.05) is 23.4 Å². The molecule has 1 heterocycles. The number of aryl methyl sites for hydroxylation is 2. The van der Waals surface area contributed by atoms with Gasteiger partial charge in [-0.2, -0.15) is 0 Å². The molecule has 1 aromatic carbocycles. The molecule has 0 aliphatic heterocycles. The molecule has 0 aliphatic carbocycles. The van der Waals surface area contributed by atoms with Gasteiger partial charge in [-0.1, -0.05) is 24.3 Å². The minimum atomic E-state index is 0.984. The van der Waals surface area contributed by atoms with Crippen LogP contribution in [0.1, 0.15) is 16.1 Å². The molecule has 0 bridgehead atoms. The third kappa shape index (κ3) is 2.73. The van der Waals surface area contributed by atoms with Crippen molar-refractivity contribution in [2.45, 2.75) is 20.3 Å². The Kier molecular flexibility index (Phi) is 3.92. The highest BCUT2D eigenvalue weighted by molar-refractivity contribution is 7.15. The van der Waals surface area contributed by atoms with Gasteiger partial charge in [-0.25, -0.2) is 4.98 Å². The van der Waals surface area contributed by atoms with Gasteiger partial charge >= 0.3 is 0 Å². The first-order valence-corrected chi connectivity index (χ1v) is 6.71. The predicted octanol–water partition coefficient (Wildman–Crippen LogP) is 3.19. The zero-order valence-electron chi connectivity index (χ0n) is 10.6. The Morgan fingerprint density at radius 2 is 2.00 bits per heavy atom. The summed E-state index contributed by atoms with van der Waals surface area (Å²) in [5.74, 6) is 0. The van der Waals surface area contributed by atoms with Crippen molar-refractivity contribution in [2.24, 2.45) is 0 Å². The summed E-state index contributed by atoms with van der Waals surface area (Å²) in [5.41, 5.74) is 3.78. The van der Waals surface area contributed by atoms with Gasteiger partial charge in [-0.3, -0.25) is 0 Å². The average molecular weight is 246 g/mol. The second kappa shape index (κ2) is 5.43. The summed E-state index contributed by atoms with van der Waals surface area (Å²) in [6.45, 7) is 5.28. The monoisotopic (exact) mass is 246 g/mol. The molecule has 0 fully saturated rings. The largest absolute Gasteiger partial charge is 0.319 e. The summed E-state index contributed by atoms with van der Waals surface area (Å²) in [5, 5.41) is 4.31. The van der Waals surface area contributed by atoms with Crippen molar-refractivity contribution in [2.75, 3.05) is 13.6 Å². The van der Waals surface area contributed by atoms with Crippen LogP contribution in [-0.2, 0) is 6.42 Å². The van der Waals surface area contributed by atoms with E-state index in [-0.39, 0.29) is 0 Å². The van der Waals surface area contributed by atoms with E-state index in [1.807, 2.05) is 7.05 Å². The Hall–Kier alpha value is -1.19. The van der Waals surface area contributed by atoms with Gasteiger partial charge in [0.05, 0.1) is 5.69 Å². The molecule has 0 spiro atoms. The van der Waals surface area contributed by atoms with E-state index in [0.29, 0.717) is 0 Å². The minimum Gasteiger partial charge on any atom is -0.319 e. The second-order valence-electron chi connectivity index (χ2n) is 4.19. The zero-order chi connectivity index (χ0) is 12.3. The van der Waals surface area contributed by atoms with Crippen LogP contribution in [0.5, 0.6) is 0 Å². The molecule has 0 aliphatic rings. The number of nitrogens with zero attached hydrogens (tertiary/aromatic N) is 1. The van der Waals surface area contributed by atoms with Crippen LogP contribution in [0, 0.1) is 13.8 Å². The van der Waals surface area contributed by atoms with Gasteiger partial charge in [0.15, 0.2) is 0 Å². The van der Waals surface area contributed by atoms with Crippen molar-refractivity contribution in [1.82, 2.24) is 10.3 Å². The molecule has 17 heavy (non-hydrogen) atoms. The van der Waals surface area contributed by atoms with Gasteiger partial charge in [-0.15, -0.1) is 11.3 Å². The zero-order valence-corrected chi connectivity index (χ0v) is 11.4. The smallest absolute Gasteiger partial charge is 0.124 e. The van der Waals surface area contributed by atoms with Crippen LogP contribution in [0.2, 0.25) is 0 Å². The topological polar surface area (TPSA) is 24.9 Å². The standard InChI is InChI=1S/C14H18N2S/c1-10-6-4-5-7-12(10)14-16-13(8-9-15-3)11(2)17-14/h4-7,15H,8-9H2,1-3H3. The van der Waals surface area contributed by atoms with Crippen molar-refractivity contribution in [3.8, 4) is 10.6 Å². The van der Waals surface area contributed by atoms with E-state index in [4.69, 9.17) is 4.98 Å². The lowest BCUT2D eigenvalue weighted by Gasteiger charge is -2.00. The van der Waals surface area contributed by atoms with Gasteiger partial charge in [0.2, 0.25) is 0 Å². The van der Waals surface area contributed by atoms with Gasteiger partial charge in [-0.05, 0) is 26.5 Å². The molecule has 0 atom stereocenters. The van der Waals surface area contributed by atoms with Crippen molar-refractivity contribution in [3.63, 3.8) is 0 Å². The van der Waals surface area contributed by atoms with E-state index in [1.165, 1.54) is 21.7 Å². The van der Waals surface area contributed by atoms with Crippen LogP contribution >= 0.6 is 11.3 Å². The molecule has 1 aromatic heterocycles. The Bertz CT molecular complexity index is 503. The maximum Gasteiger partial charge on any atom is 0.124 e. The highest BCUT2D eigenvalue weighted by Crippen LogP contribution is 2.29. The van der Waals surface area contributed by atoms with E-state index in [9.17, 15) is 0 Å².